The minimum atomic E-state index is -3.70. The molecule has 15 heterocycles. The van der Waals surface area contributed by atoms with Crippen molar-refractivity contribution >= 4 is 47.8 Å². The molecule has 87 heavy (non-hydrogen) atoms. The van der Waals surface area contributed by atoms with Crippen LogP contribution in [-0.4, -0.2) is 243 Å². The Bertz CT molecular complexity index is 3230. The van der Waals surface area contributed by atoms with Gasteiger partial charge in [-0.2, -0.15) is 12.9 Å². The number of hydrogen-bond donors (Lipinski definition) is 0. The lowest BCUT2D eigenvalue weighted by Crippen LogP contribution is -2.41. The van der Waals surface area contributed by atoms with Crippen molar-refractivity contribution in [2.75, 3.05) is 158 Å². The van der Waals surface area contributed by atoms with E-state index in [2.05, 4.69) is 15.0 Å². The lowest BCUT2D eigenvalue weighted by molar-refractivity contribution is -0.139. The van der Waals surface area contributed by atoms with Gasteiger partial charge in [0.1, 0.15) is 54.3 Å². The minimum absolute atomic E-state index is 0.0765. The zero-order valence-electron chi connectivity index (χ0n) is 48.0. The summed E-state index contributed by atoms with van der Waals surface area (Å²) in [7, 11) is -11.1. The molecule has 1 unspecified atom stereocenters. The molecule has 27 nitrogen and oxygen atoms in total. The van der Waals surface area contributed by atoms with Crippen molar-refractivity contribution in [2.45, 2.75) is 53.2 Å². The Morgan fingerprint density at radius 1 is 0.356 bits per heavy atom. The first-order valence-electron chi connectivity index (χ1n) is 29.5. The van der Waals surface area contributed by atoms with Gasteiger partial charge < -0.3 is 57.3 Å². The van der Waals surface area contributed by atoms with E-state index in [4.69, 9.17) is 42.6 Å². The molecule has 468 valence electrons. The van der Waals surface area contributed by atoms with Gasteiger partial charge in [-0.15, -0.1) is 0 Å². The molecule has 15 rings (SSSR count). The molecule has 3 saturated heterocycles. The van der Waals surface area contributed by atoms with Crippen LogP contribution in [0.3, 0.4) is 0 Å². The molecule has 0 radical (unpaired) electrons. The average Bonchev–Trinajstić information content (AvgIpc) is 2.01. The third-order valence-electron chi connectivity index (χ3n) is 17.5. The molecule has 3 aromatic heterocycles. The van der Waals surface area contributed by atoms with Gasteiger partial charge in [-0.1, -0.05) is 0 Å². The van der Waals surface area contributed by atoms with Gasteiger partial charge >= 0.3 is 0 Å². The molecule has 0 spiro atoms. The van der Waals surface area contributed by atoms with Gasteiger partial charge in [-0.3, -0.25) is 14.4 Å². The predicted octanol–water partition coefficient (Wildman–Crippen LogP) is 1.27. The lowest BCUT2D eigenvalue weighted by Gasteiger charge is -2.28. The van der Waals surface area contributed by atoms with Crippen molar-refractivity contribution in [3.05, 3.63) is 70.2 Å². The van der Waals surface area contributed by atoms with E-state index in [9.17, 15) is 39.6 Å². The molecular weight excluding hydrogens is 1190 g/mol. The van der Waals surface area contributed by atoms with Gasteiger partial charge in [0.05, 0.1) is 56.2 Å². The molecule has 0 saturated carbocycles. The monoisotopic (exact) mass is 1260 g/mol. The molecular formula is C57H69N9O18S3. The van der Waals surface area contributed by atoms with E-state index in [-0.39, 0.29) is 50.2 Å². The van der Waals surface area contributed by atoms with Crippen LogP contribution in [0, 0.1) is 17.8 Å². The lowest BCUT2D eigenvalue weighted by atomic mass is 10.0. The quantitative estimate of drug-likeness (QED) is 0.273. The fraction of sp³-hybridized carbons (Fsp3) is 0.579. The Morgan fingerprint density at radius 3 is 0.851 bits per heavy atom. The maximum atomic E-state index is 13.1. The van der Waals surface area contributed by atoms with Gasteiger partial charge in [-0.05, 0) is 72.0 Å². The Hall–Kier alpha value is -6.51. The maximum Gasteiger partial charge on any atom is 0.257 e. The first-order valence-corrected chi connectivity index (χ1v) is 33.8. The number of carbonyl (C=O) groups excluding carboxylic acids is 3. The van der Waals surface area contributed by atoms with Crippen LogP contribution in [-0.2, 0) is 58.7 Å². The summed E-state index contributed by atoms with van der Waals surface area (Å²) in [4.78, 5) is 56.2. The summed E-state index contributed by atoms with van der Waals surface area (Å²) >= 11 is 0. The van der Waals surface area contributed by atoms with E-state index in [1.807, 2.05) is 14.7 Å². The van der Waals surface area contributed by atoms with E-state index in [1.54, 1.807) is 0 Å². The third-order valence-corrected chi connectivity index (χ3v) is 22.8. The molecule has 3 atom stereocenters. The van der Waals surface area contributed by atoms with Gasteiger partial charge in [-0.25, -0.2) is 40.2 Å². The Morgan fingerprint density at radius 2 is 0.609 bits per heavy atom. The molecule has 3 fully saturated rings. The molecule has 3 aromatic rings. The molecule has 0 N–H and O–H groups in total. The summed E-state index contributed by atoms with van der Waals surface area (Å²) < 4.78 is 132. The number of pyridine rings is 3. The largest absolute Gasteiger partial charge is 0.484 e. The molecule has 0 aromatic carbocycles. The second-order valence-corrected chi connectivity index (χ2v) is 29.1. The number of nitrogens with zero attached hydrogens (tertiary/aromatic N) is 9. The van der Waals surface area contributed by atoms with Crippen LogP contribution in [0.5, 0.6) is 34.9 Å². The highest BCUT2D eigenvalue weighted by Crippen LogP contribution is 2.39. The second-order valence-electron chi connectivity index (χ2n) is 23.3. The number of hydrogen-bond acceptors (Lipinski definition) is 21. The maximum absolute atomic E-state index is 13.1. The normalized spacial score (nSPS) is 24.7. The van der Waals surface area contributed by atoms with Crippen molar-refractivity contribution in [1.82, 2.24) is 42.6 Å². The van der Waals surface area contributed by atoms with Crippen LogP contribution in [0.15, 0.2) is 84.9 Å². The Labute approximate surface area is 504 Å². The van der Waals surface area contributed by atoms with Crippen molar-refractivity contribution in [1.29, 1.82) is 0 Å². The highest BCUT2D eigenvalue weighted by molar-refractivity contribution is 7.89. The summed E-state index contributed by atoms with van der Waals surface area (Å²) in [6.45, 7) is 10.7. The third kappa shape index (κ3) is 12.2. The van der Waals surface area contributed by atoms with E-state index >= 15 is 0 Å². The highest BCUT2D eigenvalue weighted by atomic mass is 32.2. The SMILES string of the molecule is O=C(C1CCCOC1)N1CC2=C(C1)CN(S(=O)(=O)c1cnc3c(c1)OCCO3)C2.O=C([C@@H]1CCCOC1)N1CC2=C(C1)CN(S(=O)(=O)c1cnc3c(c1)OCCO3)C2.O=C([C@H]1CCCOC1)N1CC2=C(C1)CN(S(=O)(=O)c1cnc3c(c1)OCCO3)C2. The van der Waals surface area contributed by atoms with Crippen molar-refractivity contribution < 1.29 is 82.3 Å². The number of ether oxygens (including phenoxy) is 9. The van der Waals surface area contributed by atoms with E-state index in [0.29, 0.717) is 173 Å². The summed E-state index contributed by atoms with van der Waals surface area (Å²) in [5, 5.41) is 0. The van der Waals surface area contributed by atoms with E-state index < -0.39 is 30.1 Å². The number of amides is 3. The second kappa shape index (κ2) is 24.8. The number of fused-ring (bicyclic) bond motifs is 3. The van der Waals surface area contributed by atoms with Gasteiger partial charge in [0.25, 0.3) is 17.6 Å². The van der Waals surface area contributed by atoms with Crippen LogP contribution in [0.2, 0.25) is 0 Å². The van der Waals surface area contributed by atoms with Crippen molar-refractivity contribution in [2.24, 2.45) is 17.8 Å². The topological polar surface area (TPSA) is 295 Å². The average molecular weight is 1260 g/mol. The summed E-state index contributed by atoms with van der Waals surface area (Å²) in [5.41, 5.74) is 6.11. The van der Waals surface area contributed by atoms with E-state index in [1.165, 1.54) is 49.7 Å². The predicted molar refractivity (Wildman–Crippen MR) is 303 cm³/mol. The van der Waals surface area contributed by atoms with Crippen LogP contribution in [0.25, 0.3) is 0 Å². The molecule has 0 aliphatic carbocycles. The van der Waals surface area contributed by atoms with Gasteiger partial charge in [0.2, 0.25) is 47.8 Å². The molecule has 0 bridgehead atoms. The first-order chi connectivity index (χ1) is 42.1. The van der Waals surface area contributed by atoms with Gasteiger partial charge in [0, 0.05) is 117 Å². The fourth-order valence-corrected chi connectivity index (χ4v) is 17.0. The zero-order chi connectivity index (χ0) is 60.0. The first kappa shape index (κ1) is 59.5. The Balaban J connectivity index is 0.000000121. The highest BCUT2D eigenvalue weighted by Gasteiger charge is 2.43. The number of aromatic nitrogens is 3. The van der Waals surface area contributed by atoms with Crippen molar-refractivity contribution in [3.63, 3.8) is 0 Å². The van der Waals surface area contributed by atoms with Crippen LogP contribution < -0.4 is 28.4 Å². The fourth-order valence-electron chi connectivity index (χ4n) is 12.8. The summed E-state index contributed by atoms with van der Waals surface area (Å²) in [6, 6.07) is 4.41. The molecule has 12 aliphatic heterocycles. The molecule has 3 amide bonds. The number of carbonyl (C=O) groups is 3. The van der Waals surface area contributed by atoms with Crippen LogP contribution in [0.4, 0.5) is 0 Å². The summed E-state index contributed by atoms with van der Waals surface area (Å²) in [5.74, 6) is 2.12. The number of sulfonamides is 3. The molecule has 30 heteroatoms. The smallest absolute Gasteiger partial charge is 0.257 e. The van der Waals surface area contributed by atoms with E-state index in [0.717, 1.165) is 91.8 Å². The zero-order valence-corrected chi connectivity index (χ0v) is 50.5. The van der Waals surface area contributed by atoms with Gasteiger partial charge in [0.15, 0.2) is 17.2 Å². The van der Waals surface area contributed by atoms with Crippen LogP contribution >= 0.6 is 0 Å². The number of rotatable bonds is 9. The Kier molecular flexibility index (Phi) is 17.0. The molecule has 12 aliphatic rings. The van der Waals surface area contributed by atoms with Crippen LogP contribution in [0.1, 0.15) is 38.5 Å². The minimum Gasteiger partial charge on any atom is -0.484 e. The van der Waals surface area contributed by atoms with Crippen molar-refractivity contribution in [3.8, 4) is 34.9 Å². The standard InChI is InChI=1S/3C19H23N3O6S/c3*23-19(13-2-1-3-26-12-13)21-8-14-10-22(11-15(14)9-21)29(24,25)16-6-17-18(20-7-16)28-5-4-27-17/h3*6-7,13H,1-5,8-12H2/t2*13-;/m10./s1. The summed E-state index contributed by atoms with van der Waals surface area (Å²) in [6.07, 6.45) is 9.24.